The molecule has 108 valence electrons. The second-order valence-electron chi connectivity index (χ2n) is 3.36. The minimum absolute atomic E-state index is 0.176. The van der Waals surface area contributed by atoms with Crippen molar-refractivity contribution in [3.63, 3.8) is 0 Å². The van der Waals surface area contributed by atoms with Crippen molar-refractivity contribution in [2.45, 2.75) is 20.8 Å². The van der Waals surface area contributed by atoms with Crippen molar-refractivity contribution >= 4 is 17.9 Å². The number of hydrogen-bond donors (Lipinski definition) is 3. The van der Waals surface area contributed by atoms with Crippen molar-refractivity contribution in [3.05, 3.63) is 36.5 Å². The van der Waals surface area contributed by atoms with Crippen molar-refractivity contribution in [1.82, 2.24) is 0 Å². The van der Waals surface area contributed by atoms with E-state index in [1.807, 2.05) is 0 Å². The van der Waals surface area contributed by atoms with Crippen LogP contribution in [0.4, 0.5) is 0 Å². The minimum atomic E-state index is -0.935. The molecule has 0 aliphatic heterocycles. The Morgan fingerprint density at radius 3 is 1.05 bits per heavy atom. The number of rotatable bonds is 3. The molecule has 0 unspecified atom stereocenters. The Bertz CT molecular complexity index is 336. The van der Waals surface area contributed by atoms with Crippen molar-refractivity contribution in [1.29, 1.82) is 0 Å². The third kappa shape index (κ3) is 21.4. The Hall–Kier alpha value is -2.41. The van der Waals surface area contributed by atoms with Gasteiger partial charge in [0, 0.05) is 16.7 Å². The van der Waals surface area contributed by atoms with E-state index in [2.05, 4.69) is 30.5 Å². The Labute approximate surface area is 111 Å². The van der Waals surface area contributed by atoms with E-state index in [9.17, 15) is 14.4 Å². The molecule has 0 aromatic rings. The van der Waals surface area contributed by atoms with Gasteiger partial charge in [0.2, 0.25) is 0 Å². The van der Waals surface area contributed by atoms with Crippen LogP contribution < -0.4 is 5.90 Å². The van der Waals surface area contributed by atoms with Crippen molar-refractivity contribution in [3.8, 4) is 0 Å². The van der Waals surface area contributed by atoms with Crippen LogP contribution in [0.2, 0.25) is 0 Å². The maximum Gasteiger partial charge on any atom is 0.351 e. The van der Waals surface area contributed by atoms with Crippen LogP contribution in [0.3, 0.4) is 0 Å². The second kappa shape index (κ2) is 12.1. The fraction of sp³-hybridized carbons (Fsp3) is 0.250. The Morgan fingerprint density at radius 1 is 0.842 bits per heavy atom. The van der Waals surface area contributed by atoms with Crippen molar-refractivity contribution in [2.75, 3.05) is 0 Å². The highest BCUT2D eigenvalue weighted by Crippen LogP contribution is 1.85. The Kier molecular flexibility index (Phi) is 13.9. The number of carbonyl (C=O) groups is 3. The molecule has 0 aromatic carbocycles. The predicted octanol–water partition coefficient (Wildman–Crippen LogP) is 1.27. The van der Waals surface area contributed by atoms with Gasteiger partial charge in [-0.2, -0.15) is 5.90 Å². The lowest BCUT2D eigenvalue weighted by Gasteiger charge is -1.90. The van der Waals surface area contributed by atoms with E-state index in [0.717, 1.165) is 0 Å². The van der Waals surface area contributed by atoms with E-state index in [0.29, 0.717) is 5.57 Å². The van der Waals surface area contributed by atoms with Gasteiger partial charge in [0.15, 0.2) is 0 Å². The van der Waals surface area contributed by atoms with E-state index in [-0.39, 0.29) is 11.1 Å². The molecule has 0 bridgehead atoms. The molecule has 7 heteroatoms. The summed E-state index contributed by atoms with van der Waals surface area (Å²) in [5, 5.41) is 15.8. The average molecular weight is 273 g/mol. The van der Waals surface area contributed by atoms with Crippen LogP contribution in [0.15, 0.2) is 36.5 Å². The molecule has 0 saturated carbocycles. The molecule has 0 heterocycles. The molecule has 0 saturated heterocycles. The highest BCUT2D eigenvalue weighted by Gasteiger charge is 1.96. The standard InChI is InChI=1S/C4H7NO2.2C4H6O2/c1-3(2)4(6)7-5;2*1-3(2)4(5)6/h1,5H2,2H3;2*1H2,2H3,(H,5,6). The molecule has 4 N–H and O–H groups in total. The molecule has 0 atom stereocenters. The maximum atomic E-state index is 10.1. The van der Waals surface area contributed by atoms with Gasteiger partial charge in [-0.05, 0) is 20.8 Å². The normalized spacial score (nSPS) is 7.58. The fourth-order valence-corrected chi connectivity index (χ4v) is 0.101. The lowest BCUT2D eigenvalue weighted by molar-refractivity contribution is -0.139. The van der Waals surface area contributed by atoms with E-state index in [1.165, 1.54) is 20.8 Å². The van der Waals surface area contributed by atoms with Crippen LogP contribution in [0.1, 0.15) is 20.8 Å². The molecule has 0 aromatic heterocycles. The first-order chi connectivity index (χ1) is 8.47. The quantitative estimate of drug-likeness (QED) is 0.522. The molecule has 0 aliphatic carbocycles. The van der Waals surface area contributed by atoms with Gasteiger partial charge in [0.25, 0.3) is 0 Å². The van der Waals surface area contributed by atoms with E-state index in [4.69, 9.17) is 10.2 Å². The molecule has 0 aliphatic rings. The summed E-state index contributed by atoms with van der Waals surface area (Å²) in [5.41, 5.74) is 0.660. The number of carbonyl (C=O) groups excluding carboxylic acids is 1. The largest absolute Gasteiger partial charge is 0.478 e. The van der Waals surface area contributed by atoms with Crippen LogP contribution >= 0.6 is 0 Å². The molecule has 0 fully saturated rings. The molecule has 0 amide bonds. The van der Waals surface area contributed by atoms with Crippen LogP contribution in [0.5, 0.6) is 0 Å². The van der Waals surface area contributed by atoms with Gasteiger partial charge in [-0.3, -0.25) is 0 Å². The number of carboxylic acid groups (broad SMARTS) is 2. The summed E-state index contributed by atoms with van der Waals surface area (Å²) in [7, 11) is 0. The Balaban J connectivity index is -0.000000203. The summed E-state index contributed by atoms with van der Waals surface area (Å²) in [4.78, 5) is 33.0. The first kappa shape index (κ1) is 21.8. The monoisotopic (exact) mass is 273 g/mol. The first-order valence-electron chi connectivity index (χ1n) is 4.81. The summed E-state index contributed by atoms with van der Waals surface area (Å²) < 4.78 is 0. The fourth-order valence-electron chi connectivity index (χ4n) is 0.101. The first-order valence-corrected chi connectivity index (χ1v) is 4.81. The molecular formula is C12H19NO6. The topological polar surface area (TPSA) is 127 Å². The van der Waals surface area contributed by atoms with Crippen LogP contribution in [-0.4, -0.2) is 28.1 Å². The van der Waals surface area contributed by atoms with Crippen molar-refractivity contribution in [2.24, 2.45) is 5.90 Å². The second-order valence-corrected chi connectivity index (χ2v) is 3.36. The van der Waals surface area contributed by atoms with Gasteiger partial charge in [0.1, 0.15) is 0 Å². The van der Waals surface area contributed by atoms with Crippen molar-refractivity contribution < 1.29 is 29.4 Å². The third-order valence-corrected chi connectivity index (χ3v) is 1.19. The predicted molar refractivity (Wildman–Crippen MR) is 70.0 cm³/mol. The van der Waals surface area contributed by atoms with Crippen LogP contribution in [0.25, 0.3) is 0 Å². The smallest absolute Gasteiger partial charge is 0.351 e. The van der Waals surface area contributed by atoms with E-state index in [1.54, 1.807) is 0 Å². The van der Waals surface area contributed by atoms with Gasteiger partial charge >= 0.3 is 17.9 Å². The van der Waals surface area contributed by atoms with Gasteiger partial charge in [0.05, 0.1) is 0 Å². The number of hydrogen-bond acceptors (Lipinski definition) is 5. The lowest BCUT2D eigenvalue weighted by atomic mass is 10.4. The Morgan fingerprint density at radius 2 is 1.05 bits per heavy atom. The SMILES string of the molecule is C=C(C)C(=O)O.C=C(C)C(=O)O.C=C(C)C(=O)ON. The zero-order valence-electron chi connectivity index (χ0n) is 11.2. The molecule has 0 radical (unpaired) electrons. The third-order valence-electron chi connectivity index (χ3n) is 1.19. The summed E-state index contributed by atoms with van der Waals surface area (Å²) >= 11 is 0. The summed E-state index contributed by atoms with van der Waals surface area (Å²) in [6.45, 7) is 14.0. The van der Waals surface area contributed by atoms with Gasteiger partial charge in [-0.15, -0.1) is 0 Å². The van der Waals surface area contributed by atoms with Crippen LogP contribution in [0, 0.1) is 0 Å². The van der Waals surface area contributed by atoms with E-state index < -0.39 is 17.9 Å². The summed E-state index contributed by atoms with van der Waals surface area (Å²) in [5.74, 6) is 2.02. The molecule has 0 spiro atoms. The molecular weight excluding hydrogens is 254 g/mol. The van der Waals surface area contributed by atoms with Crippen LogP contribution in [-0.2, 0) is 19.2 Å². The number of carboxylic acids is 2. The van der Waals surface area contributed by atoms with E-state index >= 15 is 0 Å². The minimum Gasteiger partial charge on any atom is -0.478 e. The molecule has 19 heavy (non-hydrogen) atoms. The van der Waals surface area contributed by atoms with Gasteiger partial charge in [-0.25, -0.2) is 14.4 Å². The number of nitrogens with two attached hydrogens (primary N) is 1. The van der Waals surface area contributed by atoms with Gasteiger partial charge < -0.3 is 15.1 Å². The lowest BCUT2D eigenvalue weighted by Crippen LogP contribution is -2.09. The zero-order chi connectivity index (χ0) is 16.2. The zero-order valence-corrected chi connectivity index (χ0v) is 11.2. The summed E-state index contributed by atoms with van der Waals surface area (Å²) in [6.07, 6.45) is 0. The maximum absolute atomic E-state index is 10.1. The van der Waals surface area contributed by atoms with Gasteiger partial charge in [-0.1, -0.05) is 19.7 Å². The molecule has 7 nitrogen and oxygen atoms in total. The molecule has 0 rings (SSSR count). The average Bonchev–Trinajstić information content (AvgIpc) is 2.29. The highest BCUT2D eigenvalue weighted by molar-refractivity contribution is 5.86. The summed E-state index contributed by atoms with van der Waals surface area (Å²) in [6, 6.07) is 0. The highest BCUT2D eigenvalue weighted by atomic mass is 16.7. The number of aliphatic carboxylic acids is 2.